The summed E-state index contributed by atoms with van der Waals surface area (Å²) in [6, 6.07) is 5.31. The molecule has 0 aliphatic heterocycles. The van der Waals surface area contributed by atoms with Crippen LogP contribution < -0.4 is 15.0 Å². The van der Waals surface area contributed by atoms with E-state index in [1.165, 1.54) is 0 Å². The zero-order valence-corrected chi connectivity index (χ0v) is 13.0. The monoisotopic (exact) mass is 306 g/mol. The van der Waals surface area contributed by atoms with Crippen molar-refractivity contribution in [1.82, 2.24) is 5.32 Å². The SMILES string of the molecule is CNCCCC(=O)N(C)c1ccc(OC)c(Cl)c1.Cl. The summed E-state index contributed by atoms with van der Waals surface area (Å²) in [7, 11) is 5.19. The van der Waals surface area contributed by atoms with E-state index in [2.05, 4.69) is 5.32 Å². The van der Waals surface area contributed by atoms with Crippen LogP contribution in [-0.4, -0.2) is 33.7 Å². The van der Waals surface area contributed by atoms with Crippen LogP contribution in [0.25, 0.3) is 0 Å². The Balaban J connectivity index is 0.00000324. The van der Waals surface area contributed by atoms with Crippen molar-refractivity contribution in [3.63, 3.8) is 0 Å². The Morgan fingerprint density at radius 2 is 2.16 bits per heavy atom. The van der Waals surface area contributed by atoms with Gasteiger partial charge >= 0.3 is 0 Å². The molecular formula is C13H20Cl2N2O2. The van der Waals surface area contributed by atoms with Crippen LogP contribution in [0, 0.1) is 0 Å². The van der Waals surface area contributed by atoms with Crippen molar-refractivity contribution in [2.45, 2.75) is 12.8 Å². The highest BCUT2D eigenvalue weighted by Crippen LogP contribution is 2.28. The number of carbonyl (C=O) groups is 1. The van der Waals surface area contributed by atoms with Crippen molar-refractivity contribution in [2.75, 3.05) is 32.6 Å². The third-order valence-corrected chi connectivity index (χ3v) is 3.01. The summed E-state index contributed by atoms with van der Waals surface area (Å²) in [4.78, 5) is 13.5. The molecule has 108 valence electrons. The maximum Gasteiger partial charge on any atom is 0.226 e. The molecule has 0 heterocycles. The molecule has 0 fully saturated rings. The molecule has 0 bridgehead atoms. The minimum Gasteiger partial charge on any atom is -0.495 e. The summed E-state index contributed by atoms with van der Waals surface area (Å²) < 4.78 is 5.08. The molecule has 0 unspecified atom stereocenters. The molecule has 1 aromatic rings. The van der Waals surface area contributed by atoms with Gasteiger partial charge in [0.2, 0.25) is 5.91 Å². The number of methoxy groups -OCH3 is 1. The molecule has 0 aliphatic carbocycles. The highest BCUT2D eigenvalue weighted by atomic mass is 35.5. The standard InChI is InChI=1S/C13H19ClN2O2.ClH/c1-15-8-4-5-13(17)16(2)10-6-7-12(18-3)11(14)9-10;/h6-7,9,15H,4-5,8H2,1-3H3;1H. The number of nitrogens with zero attached hydrogens (tertiary/aromatic N) is 1. The summed E-state index contributed by atoms with van der Waals surface area (Å²) in [5.74, 6) is 0.683. The average Bonchev–Trinajstić information content (AvgIpc) is 2.38. The molecule has 0 saturated carbocycles. The van der Waals surface area contributed by atoms with Gasteiger partial charge in [-0.15, -0.1) is 12.4 Å². The van der Waals surface area contributed by atoms with Crippen LogP contribution in [0.5, 0.6) is 5.75 Å². The Kier molecular flexibility index (Phi) is 8.56. The lowest BCUT2D eigenvalue weighted by Gasteiger charge is -2.18. The van der Waals surface area contributed by atoms with Gasteiger partial charge in [0.05, 0.1) is 12.1 Å². The Hall–Kier alpha value is -0.970. The van der Waals surface area contributed by atoms with Gasteiger partial charge in [-0.2, -0.15) is 0 Å². The number of nitrogens with one attached hydrogen (secondary N) is 1. The summed E-state index contributed by atoms with van der Waals surface area (Å²) in [5, 5.41) is 3.52. The van der Waals surface area contributed by atoms with Gasteiger partial charge in [-0.3, -0.25) is 4.79 Å². The van der Waals surface area contributed by atoms with Gasteiger partial charge in [-0.25, -0.2) is 0 Å². The van der Waals surface area contributed by atoms with E-state index in [0.717, 1.165) is 18.7 Å². The second kappa shape index (κ2) is 9.02. The molecule has 19 heavy (non-hydrogen) atoms. The van der Waals surface area contributed by atoms with E-state index in [0.29, 0.717) is 17.2 Å². The van der Waals surface area contributed by atoms with Crippen LogP contribution in [-0.2, 0) is 4.79 Å². The number of benzene rings is 1. The summed E-state index contributed by atoms with van der Waals surface area (Å²) in [6.07, 6.45) is 1.34. The van der Waals surface area contributed by atoms with Crippen LogP contribution in [0.15, 0.2) is 18.2 Å². The molecule has 4 nitrogen and oxygen atoms in total. The minimum atomic E-state index is 0. The number of amides is 1. The van der Waals surface area contributed by atoms with Crippen molar-refractivity contribution in [2.24, 2.45) is 0 Å². The lowest BCUT2D eigenvalue weighted by molar-refractivity contribution is -0.118. The number of anilines is 1. The van der Waals surface area contributed by atoms with Crippen molar-refractivity contribution < 1.29 is 9.53 Å². The smallest absolute Gasteiger partial charge is 0.226 e. The molecule has 1 aromatic carbocycles. The number of hydrogen-bond acceptors (Lipinski definition) is 3. The van der Waals surface area contributed by atoms with Crippen molar-refractivity contribution in [3.8, 4) is 5.75 Å². The summed E-state index contributed by atoms with van der Waals surface area (Å²) in [6.45, 7) is 0.836. The molecule has 1 rings (SSSR count). The number of carbonyl (C=O) groups excluding carboxylic acids is 1. The predicted molar refractivity (Wildman–Crippen MR) is 81.8 cm³/mol. The van der Waals surface area contributed by atoms with Gasteiger partial charge in [0.1, 0.15) is 5.75 Å². The van der Waals surface area contributed by atoms with E-state index in [1.807, 2.05) is 13.1 Å². The predicted octanol–water partition coefficient (Wildman–Crippen LogP) is 2.73. The fourth-order valence-corrected chi connectivity index (χ4v) is 1.84. The normalized spacial score (nSPS) is 9.68. The molecule has 1 N–H and O–H groups in total. The van der Waals surface area contributed by atoms with E-state index < -0.39 is 0 Å². The second-order valence-electron chi connectivity index (χ2n) is 3.98. The molecule has 1 amide bonds. The zero-order chi connectivity index (χ0) is 13.5. The van der Waals surface area contributed by atoms with Gasteiger partial charge in [0.15, 0.2) is 0 Å². The quantitative estimate of drug-likeness (QED) is 0.822. The van der Waals surface area contributed by atoms with Gasteiger partial charge in [0, 0.05) is 19.2 Å². The Bertz CT molecular complexity index is 414. The van der Waals surface area contributed by atoms with Gasteiger partial charge in [0.25, 0.3) is 0 Å². The van der Waals surface area contributed by atoms with Crippen LogP contribution in [0.2, 0.25) is 5.02 Å². The number of rotatable bonds is 6. The molecule has 0 aliphatic rings. The molecule has 0 saturated heterocycles. The first kappa shape index (κ1) is 18.0. The Labute approximate surface area is 125 Å². The van der Waals surface area contributed by atoms with Gasteiger partial charge in [-0.05, 0) is 38.2 Å². The molecule has 0 atom stereocenters. The van der Waals surface area contributed by atoms with E-state index in [-0.39, 0.29) is 18.3 Å². The fraction of sp³-hybridized carbons (Fsp3) is 0.462. The van der Waals surface area contributed by atoms with Gasteiger partial charge in [-0.1, -0.05) is 11.6 Å². The topological polar surface area (TPSA) is 41.6 Å². The molecule has 6 heteroatoms. The van der Waals surface area contributed by atoms with Crippen LogP contribution in [0.3, 0.4) is 0 Å². The van der Waals surface area contributed by atoms with Crippen molar-refractivity contribution >= 4 is 35.6 Å². The van der Waals surface area contributed by atoms with Gasteiger partial charge < -0.3 is 15.0 Å². The maximum atomic E-state index is 11.9. The lowest BCUT2D eigenvalue weighted by Crippen LogP contribution is -2.26. The minimum absolute atomic E-state index is 0. The Morgan fingerprint density at radius 1 is 1.47 bits per heavy atom. The maximum absolute atomic E-state index is 11.9. The number of hydrogen-bond donors (Lipinski definition) is 1. The van der Waals surface area contributed by atoms with E-state index in [4.69, 9.17) is 16.3 Å². The van der Waals surface area contributed by atoms with E-state index in [1.54, 1.807) is 31.2 Å². The largest absolute Gasteiger partial charge is 0.495 e. The third kappa shape index (κ3) is 5.27. The third-order valence-electron chi connectivity index (χ3n) is 2.71. The molecule has 0 aromatic heterocycles. The van der Waals surface area contributed by atoms with Crippen LogP contribution >= 0.6 is 24.0 Å². The fourth-order valence-electron chi connectivity index (χ4n) is 1.59. The van der Waals surface area contributed by atoms with Crippen molar-refractivity contribution in [1.29, 1.82) is 0 Å². The molecule has 0 radical (unpaired) electrons. The first-order valence-electron chi connectivity index (χ1n) is 5.85. The average molecular weight is 307 g/mol. The second-order valence-corrected chi connectivity index (χ2v) is 4.39. The highest BCUT2D eigenvalue weighted by Gasteiger charge is 2.12. The first-order chi connectivity index (χ1) is 8.60. The number of halogens is 2. The zero-order valence-electron chi connectivity index (χ0n) is 11.4. The summed E-state index contributed by atoms with van der Waals surface area (Å²) in [5.41, 5.74) is 0.773. The van der Waals surface area contributed by atoms with E-state index in [9.17, 15) is 4.79 Å². The van der Waals surface area contributed by atoms with Crippen LogP contribution in [0.1, 0.15) is 12.8 Å². The Morgan fingerprint density at radius 3 is 2.68 bits per heavy atom. The first-order valence-corrected chi connectivity index (χ1v) is 6.22. The van der Waals surface area contributed by atoms with E-state index >= 15 is 0 Å². The van der Waals surface area contributed by atoms with Crippen molar-refractivity contribution in [3.05, 3.63) is 23.2 Å². The highest BCUT2D eigenvalue weighted by molar-refractivity contribution is 6.32. The van der Waals surface area contributed by atoms with Crippen LogP contribution in [0.4, 0.5) is 5.69 Å². The number of ether oxygens (including phenoxy) is 1. The summed E-state index contributed by atoms with van der Waals surface area (Å²) >= 11 is 6.03. The molecular weight excluding hydrogens is 287 g/mol. The lowest BCUT2D eigenvalue weighted by atomic mass is 10.2. The molecule has 0 spiro atoms.